The monoisotopic (exact) mass is 452 g/mol. The van der Waals surface area contributed by atoms with Crippen molar-refractivity contribution in [3.8, 4) is 0 Å². The van der Waals surface area contributed by atoms with Crippen LogP contribution in [0.3, 0.4) is 0 Å². The van der Waals surface area contributed by atoms with Gasteiger partial charge in [0.25, 0.3) is 17.1 Å². The van der Waals surface area contributed by atoms with Crippen LogP contribution in [0.4, 0.5) is 10.5 Å². The molecule has 0 saturated carbocycles. The fourth-order valence-corrected chi connectivity index (χ4v) is 4.84. The van der Waals surface area contributed by atoms with Gasteiger partial charge in [-0.3, -0.25) is 29.5 Å². The summed E-state index contributed by atoms with van der Waals surface area (Å²) in [6.45, 7) is 2.37. The van der Waals surface area contributed by atoms with Crippen LogP contribution in [0, 0.1) is 0 Å². The van der Waals surface area contributed by atoms with E-state index in [9.17, 15) is 19.2 Å². The lowest BCUT2D eigenvalue weighted by Crippen LogP contribution is -2.51. The van der Waals surface area contributed by atoms with E-state index in [1.54, 1.807) is 17.2 Å². The number of thioether (sulfide) groups is 1. The number of esters is 1. The lowest BCUT2D eigenvalue weighted by atomic mass is 10.1. The second-order valence-electron chi connectivity index (χ2n) is 7.79. The zero-order valence-corrected chi connectivity index (χ0v) is 17.9. The fourth-order valence-electron chi connectivity index (χ4n) is 4.16. The molecule has 0 spiro atoms. The van der Waals surface area contributed by atoms with Crippen LogP contribution in [0.2, 0.25) is 0 Å². The normalized spacial score (nSPS) is 22.6. The number of amides is 3. The summed E-state index contributed by atoms with van der Waals surface area (Å²) < 4.78 is 5.12. The highest BCUT2D eigenvalue weighted by atomic mass is 32.2. The third-order valence-electron chi connectivity index (χ3n) is 5.77. The van der Waals surface area contributed by atoms with E-state index in [1.807, 2.05) is 24.3 Å². The Morgan fingerprint density at radius 1 is 1.16 bits per heavy atom. The Kier molecular flexibility index (Phi) is 5.30. The second kappa shape index (κ2) is 8.27. The van der Waals surface area contributed by atoms with Gasteiger partial charge in [-0.1, -0.05) is 6.07 Å². The van der Waals surface area contributed by atoms with Gasteiger partial charge in [0.2, 0.25) is 0 Å². The number of pyridine rings is 1. The van der Waals surface area contributed by atoms with Crippen LogP contribution in [0.25, 0.3) is 17.0 Å². The molecule has 4 heterocycles. The Morgan fingerprint density at radius 2 is 1.97 bits per heavy atom. The van der Waals surface area contributed by atoms with Gasteiger partial charge in [0.15, 0.2) is 6.10 Å². The summed E-state index contributed by atoms with van der Waals surface area (Å²) >= 11 is 0.886. The predicted molar refractivity (Wildman–Crippen MR) is 119 cm³/mol. The molecule has 32 heavy (non-hydrogen) atoms. The van der Waals surface area contributed by atoms with Crippen molar-refractivity contribution >= 4 is 57.5 Å². The first-order chi connectivity index (χ1) is 15.5. The number of benzene rings is 1. The molecule has 1 aromatic heterocycles. The molecule has 10 heteroatoms. The van der Waals surface area contributed by atoms with Crippen molar-refractivity contribution in [2.45, 2.75) is 18.9 Å². The minimum absolute atomic E-state index is 0.120. The van der Waals surface area contributed by atoms with Crippen LogP contribution < -0.4 is 10.2 Å². The summed E-state index contributed by atoms with van der Waals surface area (Å²) in [4.78, 5) is 56.0. The maximum absolute atomic E-state index is 12.6. The van der Waals surface area contributed by atoms with Gasteiger partial charge in [0.1, 0.15) is 0 Å². The molecule has 0 radical (unpaired) electrons. The summed E-state index contributed by atoms with van der Waals surface area (Å²) in [5, 5.41) is 2.82. The quantitative estimate of drug-likeness (QED) is 0.556. The number of hydrogen-bond donors (Lipinski definition) is 1. The van der Waals surface area contributed by atoms with E-state index in [2.05, 4.69) is 15.2 Å². The summed E-state index contributed by atoms with van der Waals surface area (Å²) in [6.07, 6.45) is 3.55. The molecule has 2 aromatic rings. The maximum Gasteiger partial charge on any atom is 0.306 e. The van der Waals surface area contributed by atoms with Crippen molar-refractivity contribution in [1.82, 2.24) is 15.2 Å². The number of ether oxygens (including phenoxy) is 1. The van der Waals surface area contributed by atoms with Crippen LogP contribution in [0.5, 0.6) is 0 Å². The number of nitrogens with one attached hydrogen (secondary N) is 1. The summed E-state index contributed by atoms with van der Waals surface area (Å²) in [5.74, 6) is -0.819. The van der Waals surface area contributed by atoms with Crippen molar-refractivity contribution < 1.29 is 23.9 Å². The first kappa shape index (κ1) is 20.5. The number of anilines is 1. The molecular weight excluding hydrogens is 432 g/mol. The standard InChI is InChI=1S/C22H20N4O5S/c27-19-4-3-17(31-19)21(29)26-9-7-25(8-10-26)16-5-6-23-15-2-1-13(11-14(15)16)12-18-20(28)24-22(30)32-18/h1-2,5-6,11-12,17H,3-4,7-10H2,(H,24,28,30)/b18-12-/t17-/m0/s1. The van der Waals surface area contributed by atoms with Gasteiger partial charge in [-0.05, 0) is 41.6 Å². The number of carbonyl (C=O) groups excluding carboxylic acids is 4. The number of fused-ring (bicyclic) bond motifs is 1. The predicted octanol–water partition coefficient (Wildman–Crippen LogP) is 1.91. The summed E-state index contributed by atoms with van der Waals surface area (Å²) in [5.41, 5.74) is 2.62. The second-order valence-corrected chi connectivity index (χ2v) is 8.80. The lowest BCUT2D eigenvalue weighted by Gasteiger charge is -2.37. The van der Waals surface area contributed by atoms with Crippen LogP contribution >= 0.6 is 11.8 Å². The van der Waals surface area contributed by atoms with Gasteiger partial charge >= 0.3 is 5.97 Å². The minimum atomic E-state index is -0.649. The van der Waals surface area contributed by atoms with Gasteiger partial charge in [-0.25, -0.2) is 0 Å². The third kappa shape index (κ3) is 3.93. The topological polar surface area (TPSA) is 109 Å². The number of hydrogen-bond acceptors (Lipinski definition) is 8. The van der Waals surface area contributed by atoms with E-state index in [0.29, 0.717) is 43.9 Å². The first-order valence-corrected chi connectivity index (χ1v) is 11.2. The molecule has 0 aliphatic carbocycles. The first-order valence-electron chi connectivity index (χ1n) is 10.3. The zero-order chi connectivity index (χ0) is 22.2. The van der Waals surface area contributed by atoms with E-state index in [-0.39, 0.29) is 23.0 Å². The Labute approximate surface area is 187 Å². The molecule has 0 bridgehead atoms. The van der Waals surface area contributed by atoms with Gasteiger partial charge in [-0.15, -0.1) is 0 Å². The van der Waals surface area contributed by atoms with Crippen molar-refractivity contribution in [3.63, 3.8) is 0 Å². The Morgan fingerprint density at radius 3 is 2.66 bits per heavy atom. The molecule has 3 amide bonds. The van der Waals surface area contributed by atoms with E-state index in [1.165, 1.54) is 0 Å². The molecular formula is C22H20N4O5S. The summed E-state index contributed by atoms with van der Waals surface area (Å²) in [6, 6.07) is 7.65. The van der Waals surface area contributed by atoms with Crippen molar-refractivity contribution in [1.29, 1.82) is 0 Å². The Balaban J connectivity index is 1.35. The molecule has 5 rings (SSSR count). The van der Waals surface area contributed by atoms with Crippen LogP contribution in [-0.2, 0) is 19.1 Å². The van der Waals surface area contributed by atoms with Gasteiger partial charge in [-0.2, -0.15) is 0 Å². The number of carbonyl (C=O) groups is 4. The fraction of sp³-hybridized carbons (Fsp3) is 0.318. The molecule has 1 aromatic carbocycles. The molecule has 3 aliphatic rings. The number of rotatable bonds is 3. The number of piperazine rings is 1. The molecule has 3 aliphatic heterocycles. The smallest absolute Gasteiger partial charge is 0.306 e. The van der Waals surface area contributed by atoms with Crippen LogP contribution in [0.15, 0.2) is 35.4 Å². The number of nitrogens with zero attached hydrogens (tertiary/aromatic N) is 3. The average molecular weight is 452 g/mol. The molecule has 9 nitrogen and oxygen atoms in total. The number of imide groups is 1. The van der Waals surface area contributed by atoms with Crippen molar-refractivity contribution in [2.75, 3.05) is 31.1 Å². The Hall–Kier alpha value is -3.40. The average Bonchev–Trinajstić information content (AvgIpc) is 3.37. The highest BCUT2D eigenvalue weighted by molar-refractivity contribution is 8.18. The van der Waals surface area contributed by atoms with E-state index in [0.717, 1.165) is 33.9 Å². The highest BCUT2D eigenvalue weighted by Gasteiger charge is 2.34. The minimum Gasteiger partial charge on any atom is -0.452 e. The highest BCUT2D eigenvalue weighted by Crippen LogP contribution is 2.30. The summed E-state index contributed by atoms with van der Waals surface area (Å²) in [7, 11) is 0. The maximum atomic E-state index is 12.6. The van der Waals surface area contributed by atoms with E-state index in [4.69, 9.17) is 4.74 Å². The SMILES string of the molecule is O=C1CC[C@@H](C(=O)N2CCN(c3ccnc4ccc(/C=C5\SC(=O)NC5=O)cc34)CC2)O1. The molecule has 1 N–H and O–H groups in total. The van der Waals surface area contributed by atoms with Crippen LogP contribution in [-0.4, -0.2) is 65.2 Å². The number of cyclic esters (lactones) is 1. The molecule has 1 atom stereocenters. The largest absolute Gasteiger partial charge is 0.452 e. The van der Waals surface area contributed by atoms with Crippen LogP contribution in [0.1, 0.15) is 18.4 Å². The van der Waals surface area contributed by atoms with E-state index >= 15 is 0 Å². The van der Waals surface area contributed by atoms with Gasteiger partial charge in [0, 0.05) is 56.3 Å². The third-order valence-corrected chi connectivity index (χ3v) is 6.58. The number of aromatic nitrogens is 1. The Bertz CT molecular complexity index is 1170. The lowest BCUT2D eigenvalue weighted by molar-refractivity contribution is -0.153. The van der Waals surface area contributed by atoms with E-state index < -0.39 is 6.10 Å². The molecule has 3 saturated heterocycles. The zero-order valence-electron chi connectivity index (χ0n) is 17.1. The van der Waals surface area contributed by atoms with Crippen molar-refractivity contribution in [2.24, 2.45) is 0 Å². The van der Waals surface area contributed by atoms with Gasteiger partial charge < -0.3 is 14.5 Å². The molecule has 164 valence electrons. The van der Waals surface area contributed by atoms with Gasteiger partial charge in [0.05, 0.1) is 10.4 Å². The molecule has 3 fully saturated rings. The molecule has 0 unspecified atom stereocenters. The van der Waals surface area contributed by atoms with Crippen molar-refractivity contribution in [3.05, 3.63) is 40.9 Å².